The lowest BCUT2D eigenvalue weighted by molar-refractivity contribution is -0.0501. The maximum Gasteiger partial charge on any atom is 0.118 e. The molecule has 0 saturated heterocycles. The Morgan fingerprint density at radius 1 is 1.19 bits per heavy atom. The van der Waals surface area contributed by atoms with E-state index in [1.54, 1.807) is 7.11 Å². The van der Waals surface area contributed by atoms with Crippen molar-refractivity contribution >= 4 is 15.9 Å². The lowest BCUT2D eigenvalue weighted by atomic mass is 10.1. The van der Waals surface area contributed by atoms with Crippen LogP contribution in [0.5, 0.6) is 5.75 Å². The smallest absolute Gasteiger partial charge is 0.118 e. The Kier molecular flexibility index (Phi) is 4.81. The lowest BCUT2D eigenvalue weighted by Gasteiger charge is -2.26. The molecule has 3 heteroatoms. The van der Waals surface area contributed by atoms with Gasteiger partial charge < -0.3 is 9.47 Å². The van der Waals surface area contributed by atoms with Crippen molar-refractivity contribution in [3.8, 4) is 5.75 Å². The van der Waals surface area contributed by atoms with Crippen LogP contribution in [0.3, 0.4) is 0 Å². The summed E-state index contributed by atoms with van der Waals surface area (Å²) in [6.45, 7) is 6.19. The Labute approximate surface area is 106 Å². The summed E-state index contributed by atoms with van der Waals surface area (Å²) >= 11 is 3.48. The summed E-state index contributed by atoms with van der Waals surface area (Å²) in [6.07, 6.45) is 0.0749. The molecule has 16 heavy (non-hydrogen) atoms. The molecule has 1 aromatic carbocycles. The summed E-state index contributed by atoms with van der Waals surface area (Å²) in [6, 6.07) is 7.99. The number of benzene rings is 1. The second-order valence-corrected chi connectivity index (χ2v) is 5.29. The Morgan fingerprint density at radius 2 is 1.75 bits per heavy atom. The third kappa shape index (κ3) is 4.14. The van der Waals surface area contributed by atoms with Gasteiger partial charge in [-0.2, -0.15) is 0 Å². The Bertz CT molecular complexity index is 314. The van der Waals surface area contributed by atoms with Gasteiger partial charge in [0.1, 0.15) is 5.75 Å². The molecule has 1 aromatic rings. The van der Waals surface area contributed by atoms with Gasteiger partial charge in [0.05, 0.1) is 18.8 Å². The fraction of sp³-hybridized carbons (Fsp3) is 0.538. The topological polar surface area (TPSA) is 18.5 Å². The van der Waals surface area contributed by atoms with Crippen molar-refractivity contribution in [2.24, 2.45) is 0 Å². The van der Waals surface area contributed by atoms with E-state index in [-0.39, 0.29) is 11.7 Å². The molecule has 0 aliphatic heterocycles. The van der Waals surface area contributed by atoms with Gasteiger partial charge >= 0.3 is 0 Å². The first-order valence-electron chi connectivity index (χ1n) is 5.34. The maximum atomic E-state index is 5.96. The number of rotatable bonds is 4. The van der Waals surface area contributed by atoms with E-state index in [0.29, 0.717) is 0 Å². The van der Waals surface area contributed by atoms with E-state index in [0.717, 1.165) is 16.6 Å². The van der Waals surface area contributed by atoms with Crippen LogP contribution in [-0.2, 0) is 4.74 Å². The summed E-state index contributed by atoms with van der Waals surface area (Å²) in [4.78, 5) is 0. The second-order valence-electron chi connectivity index (χ2n) is 4.65. The van der Waals surface area contributed by atoms with E-state index < -0.39 is 0 Å². The molecule has 1 unspecified atom stereocenters. The molecule has 0 aliphatic carbocycles. The molecule has 90 valence electrons. The summed E-state index contributed by atoms with van der Waals surface area (Å²) in [5.74, 6) is 0.868. The molecule has 0 spiro atoms. The van der Waals surface area contributed by atoms with Gasteiger partial charge in [-0.05, 0) is 38.5 Å². The highest BCUT2D eigenvalue weighted by molar-refractivity contribution is 9.09. The zero-order valence-corrected chi connectivity index (χ0v) is 11.9. The fourth-order valence-corrected chi connectivity index (χ4v) is 1.94. The average molecular weight is 287 g/mol. The van der Waals surface area contributed by atoms with E-state index in [4.69, 9.17) is 9.47 Å². The highest BCUT2D eigenvalue weighted by atomic mass is 79.9. The highest BCUT2D eigenvalue weighted by Gasteiger charge is 2.19. The third-order valence-electron chi connectivity index (χ3n) is 2.12. The third-order valence-corrected chi connectivity index (χ3v) is 2.71. The Balaban J connectivity index is 2.79. The van der Waals surface area contributed by atoms with E-state index in [1.165, 1.54) is 0 Å². The summed E-state index contributed by atoms with van der Waals surface area (Å²) in [5, 5.41) is 0.788. The van der Waals surface area contributed by atoms with Crippen LogP contribution in [-0.4, -0.2) is 18.0 Å². The van der Waals surface area contributed by atoms with Crippen LogP contribution in [0.15, 0.2) is 24.3 Å². The van der Waals surface area contributed by atoms with Gasteiger partial charge in [0.25, 0.3) is 0 Å². The van der Waals surface area contributed by atoms with Crippen LogP contribution in [0.25, 0.3) is 0 Å². The first-order chi connectivity index (χ1) is 7.46. The minimum atomic E-state index is -0.141. The van der Waals surface area contributed by atoms with Crippen molar-refractivity contribution < 1.29 is 9.47 Å². The van der Waals surface area contributed by atoms with Crippen LogP contribution in [0.2, 0.25) is 0 Å². The zero-order chi connectivity index (χ0) is 12.2. The van der Waals surface area contributed by atoms with Crippen molar-refractivity contribution in [3.63, 3.8) is 0 Å². The molecule has 0 bridgehead atoms. The predicted octanol–water partition coefficient (Wildman–Crippen LogP) is 3.95. The highest BCUT2D eigenvalue weighted by Crippen LogP contribution is 2.26. The molecule has 0 heterocycles. The number of methoxy groups -OCH3 is 1. The van der Waals surface area contributed by atoms with E-state index >= 15 is 0 Å². The molecule has 0 radical (unpaired) electrons. The number of hydrogen-bond donors (Lipinski definition) is 0. The number of hydrogen-bond acceptors (Lipinski definition) is 2. The number of alkyl halides is 1. The van der Waals surface area contributed by atoms with Crippen molar-refractivity contribution in [1.82, 2.24) is 0 Å². The second kappa shape index (κ2) is 5.69. The molecule has 0 aliphatic rings. The average Bonchev–Trinajstić information content (AvgIpc) is 2.25. The van der Waals surface area contributed by atoms with Gasteiger partial charge in [-0.3, -0.25) is 0 Å². The molecule has 0 aromatic heterocycles. The molecular weight excluding hydrogens is 268 g/mol. The quantitative estimate of drug-likeness (QED) is 0.781. The van der Waals surface area contributed by atoms with E-state index in [9.17, 15) is 0 Å². The predicted molar refractivity (Wildman–Crippen MR) is 70.4 cm³/mol. The van der Waals surface area contributed by atoms with E-state index in [2.05, 4.69) is 36.7 Å². The van der Waals surface area contributed by atoms with Gasteiger partial charge in [-0.15, -0.1) is 0 Å². The molecule has 0 fully saturated rings. The zero-order valence-electron chi connectivity index (χ0n) is 10.3. The number of ether oxygens (including phenoxy) is 2. The van der Waals surface area contributed by atoms with Crippen molar-refractivity contribution in [3.05, 3.63) is 29.8 Å². The van der Waals surface area contributed by atoms with Crippen LogP contribution in [0, 0.1) is 0 Å². The lowest BCUT2D eigenvalue weighted by Crippen LogP contribution is -2.23. The SMILES string of the molecule is COc1ccc(C(CBr)OC(C)(C)C)cc1. The van der Waals surface area contributed by atoms with Gasteiger partial charge in [0, 0.05) is 5.33 Å². The standard InChI is InChI=1S/C13H19BrO2/c1-13(2,3)16-12(9-14)10-5-7-11(15-4)8-6-10/h5-8,12H,9H2,1-4H3. The maximum absolute atomic E-state index is 5.96. The molecule has 2 nitrogen and oxygen atoms in total. The fourth-order valence-electron chi connectivity index (χ4n) is 1.43. The van der Waals surface area contributed by atoms with Gasteiger partial charge in [0.2, 0.25) is 0 Å². The van der Waals surface area contributed by atoms with Crippen molar-refractivity contribution in [2.75, 3.05) is 12.4 Å². The summed E-state index contributed by atoms with van der Waals surface area (Å²) in [5.41, 5.74) is 1.02. The number of halogens is 1. The van der Waals surface area contributed by atoms with Crippen molar-refractivity contribution in [1.29, 1.82) is 0 Å². The first-order valence-corrected chi connectivity index (χ1v) is 6.46. The molecule has 1 rings (SSSR count). The summed E-state index contributed by atoms with van der Waals surface area (Å²) in [7, 11) is 1.67. The Morgan fingerprint density at radius 3 is 2.12 bits per heavy atom. The van der Waals surface area contributed by atoms with E-state index in [1.807, 2.05) is 24.3 Å². The molecule has 0 N–H and O–H groups in total. The Hall–Kier alpha value is -0.540. The molecule has 0 saturated carbocycles. The van der Waals surface area contributed by atoms with Crippen molar-refractivity contribution in [2.45, 2.75) is 32.5 Å². The van der Waals surface area contributed by atoms with Crippen LogP contribution >= 0.6 is 15.9 Å². The summed E-state index contributed by atoms with van der Waals surface area (Å²) < 4.78 is 11.1. The molecular formula is C13H19BrO2. The van der Waals surface area contributed by atoms with Gasteiger partial charge in [-0.1, -0.05) is 28.1 Å². The minimum absolute atomic E-state index is 0.0749. The van der Waals surface area contributed by atoms with Gasteiger partial charge in [0.15, 0.2) is 0 Å². The molecule has 0 amide bonds. The largest absolute Gasteiger partial charge is 0.497 e. The van der Waals surface area contributed by atoms with Crippen LogP contribution in [0.1, 0.15) is 32.4 Å². The molecule has 1 atom stereocenters. The minimum Gasteiger partial charge on any atom is -0.497 e. The first kappa shape index (κ1) is 13.5. The van der Waals surface area contributed by atoms with Crippen LogP contribution < -0.4 is 4.74 Å². The van der Waals surface area contributed by atoms with Gasteiger partial charge in [-0.25, -0.2) is 0 Å². The normalized spacial score (nSPS) is 13.6. The monoisotopic (exact) mass is 286 g/mol. The van der Waals surface area contributed by atoms with Crippen LogP contribution in [0.4, 0.5) is 0 Å².